The summed E-state index contributed by atoms with van der Waals surface area (Å²) in [5.41, 5.74) is 6.70. The van der Waals surface area contributed by atoms with Crippen LogP contribution in [0.3, 0.4) is 0 Å². The summed E-state index contributed by atoms with van der Waals surface area (Å²) in [6, 6.07) is 12.2. The number of carbonyl (C=O) groups is 1. The lowest BCUT2D eigenvalue weighted by atomic mass is 10.0. The third-order valence-electron chi connectivity index (χ3n) is 2.86. The number of hydrogen-bond acceptors (Lipinski definition) is 4. The number of hydrogen-bond donors (Lipinski definition) is 3. The zero-order valence-electron chi connectivity index (χ0n) is 10.9. The van der Waals surface area contributed by atoms with Crippen molar-refractivity contribution >= 4 is 11.7 Å². The Kier molecular flexibility index (Phi) is 4.62. The number of rotatable bonds is 5. The summed E-state index contributed by atoms with van der Waals surface area (Å²) in [6.07, 6.45) is 0.829. The molecule has 1 amide bonds. The second kappa shape index (κ2) is 6.63. The minimum absolute atomic E-state index is 0.175. The maximum Gasteiger partial charge on any atom is 0.264 e. The number of H-pyrrole nitrogens is 1. The molecule has 1 atom stereocenters. The van der Waals surface area contributed by atoms with Crippen molar-refractivity contribution < 1.29 is 4.79 Å². The topological polar surface area (TPSA) is 101 Å². The molecule has 0 bridgehead atoms. The highest BCUT2D eigenvalue weighted by Gasteiger charge is 2.09. The Hall–Kier alpha value is -2.47. The predicted octanol–water partition coefficient (Wildman–Crippen LogP) is 1.19. The summed E-state index contributed by atoms with van der Waals surface area (Å²) in [5.74, 6) is 0.138. The fourth-order valence-electron chi connectivity index (χ4n) is 1.77. The molecule has 0 radical (unpaired) electrons. The molecular weight excluding hydrogens is 256 g/mol. The zero-order chi connectivity index (χ0) is 14.4. The maximum atomic E-state index is 11.7. The molecule has 0 saturated carbocycles. The van der Waals surface area contributed by atoms with Crippen molar-refractivity contribution in [3.05, 3.63) is 58.4 Å². The van der Waals surface area contributed by atoms with Gasteiger partial charge in [-0.25, -0.2) is 5.10 Å². The molecule has 1 aromatic carbocycles. The lowest BCUT2D eigenvalue weighted by Crippen LogP contribution is -2.18. The Morgan fingerprint density at radius 2 is 2.00 bits per heavy atom. The highest BCUT2D eigenvalue weighted by Crippen LogP contribution is 2.15. The Balaban J connectivity index is 1.83. The molecule has 20 heavy (non-hydrogen) atoms. The van der Waals surface area contributed by atoms with Gasteiger partial charge in [0.1, 0.15) is 0 Å². The van der Waals surface area contributed by atoms with Crippen LogP contribution in [0.2, 0.25) is 0 Å². The molecule has 0 fully saturated rings. The van der Waals surface area contributed by atoms with Crippen molar-refractivity contribution in [3.8, 4) is 0 Å². The lowest BCUT2D eigenvalue weighted by molar-refractivity contribution is -0.116. The van der Waals surface area contributed by atoms with Crippen LogP contribution < -0.4 is 16.6 Å². The fraction of sp³-hybridized carbons (Fsp3) is 0.214. The largest absolute Gasteiger partial charge is 0.324 e. The molecule has 2 rings (SSSR count). The zero-order valence-corrected chi connectivity index (χ0v) is 10.9. The van der Waals surface area contributed by atoms with Crippen molar-refractivity contribution in [2.24, 2.45) is 5.73 Å². The maximum absolute atomic E-state index is 11.7. The van der Waals surface area contributed by atoms with Gasteiger partial charge in [0.05, 0.1) is 0 Å². The predicted molar refractivity (Wildman–Crippen MR) is 76.1 cm³/mol. The number of carbonyl (C=O) groups excluding carboxylic acids is 1. The first-order valence-electron chi connectivity index (χ1n) is 6.31. The van der Waals surface area contributed by atoms with E-state index in [1.54, 1.807) is 0 Å². The van der Waals surface area contributed by atoms with Gasteiger partial charge in [-0.3, -0.25) is 9.59 Å². The van der Waals surface area contributed by atoms with Crippen LogP contribution in [0.1, 0.15) is 24.4 Å². The average molecular weight is 272 g/mol. The lowest BCUT2D eigenvalue weighted by Gasteiger charge is -2.11. The molecule has 6 nitrogen and oxygen atoms in total. The number of nitrogens with two attached hydrogens (primary N) is 1. The molecule has 1 aromatic heterocycles. The molecule has 0 spiro atoms. The smallest absolute Gasteiger partial charge is 0.264 e. The highest BCUT2D eigenvalue weighted by atomic mass is 16.1. The first kappa shape index (κ1) is 14.0. The summed E-state index contributed by atoms with van der Waals surface area (Å²) >= 11 is 0. The summed E-state index contributed by atoms with van der Waals surface area (Å²) in [4.78, 5) is 22.6. The average Bonchev–Trinajstić information content (AvgIpc) is 2.48. The molecule has 1 unspecified atom stereocenters. The normalized spacial score (nSPS) is 11.8. The first-order valence-corrected chi connectivity index (χ1v) is 6.31. The molecule has 0 saturated heterocycles. The monoisotopic (exact) mass is 272 g/mol. The van der Waals surface area contributed by atoms with E-state index in [9.17, 15) is 9.59 Å². The summed E-state index contributed by atoms with van der Waals surface area (Å²) in [6.45, 7) is 0. The van der Waals surface area contributed by atoms with E-state index in [0.29, 0.717) is 12.2 Å². The van der Waals surface area contributed by atoms with E-state index in [1.807, 2.05) is 30.3 Å². The number of nitrogens with zero attached hydrogens (tertiary/aromatic N) is 1. The van der Waals surface area contributed by atoms with Crippen LogP contribution in [0.5, 0.6) is 0 Å². The molecule has 4 N–H and O–H groups in total. The quantitative estimate of drug-likeness (QED) is 0.761. The van der Waals surface area contributed by atoms with Crippen molar-refractivity contribution in [2.45, 2.75) is 18.9 Å². The summed E-state index contributed by atoms with van der Waals surface area (Å²) in [5, 5.41) is 8.55. The van der Waals surface area contributed by atoms with E-state index in [1.165, 1.54) is 12.1 Å². The third kappa shape index (κ3) is 4.03. The van der Waals surface area contributed by atoms with E-state index in [-0.39, 0.29) is 23.9 Å². The van der Waals surface area contributed by atoms with Crippen molar-refractivity contribution in [3.63, 3.8) is 0 Å². The number of aromatic nitrogens is 2. The van der Waals surface area contributed by atoms with Crippen LogP contribution in [0, 0.1) is 0 Å². The SMILES string of the molecule is NC(CCC(=O)Nc1ccc(=O)[nH]n1)c1ccccc1. The number of aromatic amines is 1. The molecule has 104 valence electrons. The molecule has 0 aliphatic heterocycles. The van der Waals surface area contributed by atoms with Crippen LogP contribution in [-0.2, 0) is 4.79 Å². The first-order chi connectivity index (χ1) is 9.65. The van der Waals surface area contributed by atoms with Gasteiger partial charge < -0.3 is 11.1 Å². The van der Waals surface area contributed by atoms with Crippen LogP contribution in [0.15, 0.2) is 47.3 Å². The van der Waals surface area contributed by atoms with Gasteiger partial charge in [-0.1, -0.05) is 30.3 Å². The van der Waals surface area contributed by atoms with E-state index in [4.69, 9.17) is 5.73 Å². The van der Waals surface area contributed by atoms with E-state index in [2.05, 4.69) is 15.5 Å². The molecule has 2 aromatic rings. The molecule has 6 heteroatoms. The van der Waals surface area contributed by atoms with E-state index in [0.717, 1.165) is 5.56 Å². The van der Waals surface area contributed by atoms with Gasteiger partial charge in [0.15, 0.2) is 5.82 Å². The van der Waals surface area contributed by atoms with Gasteiger partial charge in [0, 0.05) is 18.5 Å². The van der Waals surface area contributed by atoms with Crippen LogP contribution in [0.4, 0.5) is 5.82 Å². The molecular formula is C14H16N4O2. The Labute approximate surface area is 116 Å². The Morgan fingerprint density at radius 1 is 1.25 bits per heavy atom. The Bertz CT molecular complexity index is 604. The van der Waals surface area contributed by atoms with Gasteiger partial charge in [0.2, 0.25) is 5.91 Å². The van der Waals surface area contributed by atoms with Gasteiger partial charge in [-0.15, -0.1) is 0 Å². The standard InChI is InChI=1S/C14H16N4O2/c15-11(10-4-2-1-3-5-10)6-8-13(19)16-12-7-9-14(20)18-17-12/h1-5,7,9,11H,6,8,15H2,(H,18,20)(H,16,17,19). The Morgan fingerprint density at radius 3 is 2.65 bits per heavy atom. The van der Waals surface area contributed by atoms with Crippen LogP contribution in [-0.4, -0.2) is 16.1 Å². The second-order valence-corrected chi connectivity index (χ2v) is 4.41. The van der Waals surface area contributed by atoms with Crippen LogP contribution in [0.25, 0.3) is 0 Å². The molecule has 0 aliphatic rings. The van der Waals surface area contributed by atoms with Crippen molar-refractivity contribution in [2.75, 3.05) is 5.32 Å². The minimum Gasteiger partial charge on any atom is -0.324 e. The second-order valence-electron chi connectivity index (χ2n) is 4.41. The number of amides is 1. The highest BCUT2D eigenvalue weighted by molar-refractivity contribution is 5.89. The molecule has 0 aliphatic carbocycles. The summed E-state index contributed by atoms with van der Waals surface area (Å²) < 4.78 is 0. The fourth-order valence-corrected chi connectivity index (χ4v) is 1.77. The number of nitrogens with one attached hydrogen (secondary N) is 2. The van der Waals surface area contributed by atoms with Crippen LogP contribution >= 0.6 is 0 Å². The minimum atomic E-state index is -0.311. The van der Waals surface area contributed by atoms with E-state index < -0.39 is 0 Å². The van der Waals surface area contributed by atoms with Gasteiger partial charge in [0.25, 0.3) is 5.56 Å². The number of benzene rings is 1. The van der Waals surface area contributed by atoms with Gasteiger partial charge in [-0.2, -0.15) is 5.10 Å². The van der Waals surface area contributed by atoms with Crippen molar-refractivity contribution in [1.29, 1.82) is 0 Å². The molecule has 1 heterocycles. The van der Waals surface area contributed by atoms with Crippen molar-refractivity contribution in [1.82, 2.24) is 10.2 Å². The third-order valence-corrected chi connectivity index (χ3v) is 2.86. The van der Waals surface area contributed by atoms with Gasteiger partial charge in [-0.05, 0) is 18.1 Å². The van der Waals surface area contributed by atoms with E-state index >= 15 is 0 Å². The summed E-state index contributed by atoms with van der Waals surface area (Å²) in [7, 11) is 0. The van der Waals surface area contributed by atoms with Gasteiger partial charge >= 0.3 is 0 Å². The number of anilines is 1.